The van der Waals surface area contributed by atoms with E-state index in [1.165, 1.54) is 4.31 Å². The van der Waals surface area contributed by atoms with E-state index in [4.69, 9.17) is 4.74 Å². The third kappa shape index (κ3) is 4.39. The van der Waals surface area contributed by atoms with Gasteiger partial charge in [0.05, 0.1) is 30.1 Å². The second-order valence-electron chi connectivity index (χ2n) is 6.90. The van der Waals surface area contributed by atoms with Gasteiger partial charge in [-0.25, -0.2) is 18.4 Å². The van der Waals surface area contributed by atoms with Gasteiger partial charge >= 0.3 is 0 Å². The molecule has 3 heterocycles. The number of hydrogen-bond donors (Lipinski definition) is 1. The number of aromatic nitrogens is 4. The van der Waals surface area contributed by atoms with Crippen molar-refractivity contribution in [2.75, 3.05) is 25.5 Å². The number of rotatable bonds is 6. The SMILES string of the molecule is COc1ccc(S(=O)(=O)N2CCC(c3cncc(Nc4cnccn4)n3)CC2)cc1. The van der Waals surface area contributed by atoms with Crippen LogP contribution < -0.4 is 10.1 Å². The molecular weight excluding hydrogens is 404 g/mol. The number of methoxy groups -OCH3 is 1. The molecule has 1 saturated heterocycles. The van der Waals surface area contributed by atoms with Crippen molar-refractivity contribution in [2.45, 2.75) is 23.7 Å². The Labute approximate surface area is 175 Å². The first kappa shape index (κ1) is 20.2. The van der Waals surface area contributed by atoms with Gasteiger partial charge in [0.25, 0.3) is 0 Å². The topological polar surface area (TPSA) is 110 Å². The molecule has 0 saturated carbocycles. The fraction of sp³-hybridized carbons (Fsp3) is 0.300. The van der Waals surface area contributed by atoms with E-state index in [1.54, 1.807) is 62.4 Å². The summed E-state index contributed by atoms with van der Waals surface area (Å²) in [6, 6.07) is 6.47. The van der Waals surface area contributed by atoms with Gasteiger partial charge in [0.15, 0.2) is 0 Å². The van der Waals surface area contributed by atoms with E-state index in [9.17, 15) is 8.42 Å². The second-order valence-corrected chi connectivity index (χ2v) is 8.84. The van der Waals surface area contributed by atoms with Gasteiger partial charge in [-0.05, 0) is 37.1 Å². The zero-order valence-corrected chi connectivity index (χ0v) is 17.3. The van der Waals surface area contributed by atoms with Crippen LogP contribution in [0.3, 0.4) is 0 Å². The number of anilines is 2. The molecular formula is C20H22N6O3S. The van der Waals surface area contributed by atoms with Gasteiger partial charge in [0.2, 0.25) is 10.0 Å². The molecule has 9 nitrogen and oxygen atoms in total. The highest BCUT2D eigenvalue weighted by Gasteiger charge is 2.30. The maximum absolute atomic E-state index is 12.9. The molecule has 30 heavy (non-hydrogen) atoms. The molecule has 0 unspecified atom stereocenters. The van der Waals surface area contributed by atoms with Crippen LogP contribution in [0.2, 0.25) is 0 Å². The Morgan fingerprint density at radius 2 is 1.73 bits per heavy atom. The molecule has 1 N–H and O–H groups in total. The maximum Gasteiger partial charge on any atom is 0.243 e. The smallest absolute Gasteiger partial charge is 0.243 e. The van der Waals surface area contributed by atoms with Gasteiger partial charge < -0.3 is 10.1 Å². The molecule has 0 radical (unpaired) electrons. The summed E-state index contributed by atoms with van der Waals surface area (Å²) in [6.45, 7) is 0.866. The third-order valence-corrected chi connectivity index (χ3v) is 6.95. The number of benzene rings is 1. The van der Waals surface area contributed by atoms with Gasteiger partial charge in [0.1, 0.15) is 17.4 Å². The summed E-state index contributed by atoms with van der Waals surface area (Å²) < 4.78 is 32.5. The molecule has 0 bridgehead atoms. The zero-order chi connectivity index (χ0) is 21.0. The lowest BCUT2D eigenvalue weighted by atomic mass is 9.95. The molecule has 1 aromatic carbocycles. The van der Waals surface area contributed by atoms with Crippen molar-refractivity contribution >= 4 is 21.7 Å². The van der Waals surface area contributed by atoms with E-state index in [2.05, 4.69) is 25.3 Å². The molecule has 1 aliphatic rings. The van der Waals surface area contributed by atoms with Crippen LogP contribution in [0, 0.1) is 0 Å². The zero-order valence-electron chi connectivity index (χ0n) is 16.5. The molecule has 10 heteroatoms. The average molecular weight is 427 g/mol. The number of hydrogen-bond acceptors (Lipinski definition) is 8. The Bertz CT molecular complexity index is 1090. The normalized spacial score (nSPS) is 15.6. The highest BCUT2D eigenvalue weighted by molar-refractivity contribution is 7.89. The summed E-state index contributed by atoms with van der Waals surface area (Å²) in [5, 5.41) is 3.08. The van der Waals surface area contributed by atoms with Crippen molar-refractivity contribution < 1.29 is 13.2 Å². The Hall–Kier alpha value is -3.11. The fourth-order valence-electron chi connectivity index (χ4n) is 3.42. The van der Waals surface area contributed by atoms with Crippen LogP contribution in [0.5, 0.6) is 5.75 Å². The number of nitrogens with one attached hydrogen (secondary N) is 1. The molecule has 2 aromatic heterocycles. The van der Waals surface area contributed by atoms with E-state index < -0.39 is 10.0 Å². The van der Waals surface area contributed by atoms with E-state index in [-0.39, 0.29) is 10.8 Å². The summed E-state index contributed by atoms with van der Waals surface area (Å²) in [4.78, 5) is 17.4. The first-order chi connectivity index (χ1) is 14.6. The summed E-state index contributed by atoms with van der Waals surface area (Å²) in [5.74, 6) is 1.94. The van der Waals surface area contributed by atoms with Crippen LogP contribution in [-0.2, 0) is 10.0 Å². The minimum absolute atomic E-state index is 0.142. The average Bonchev–Trinajstić information content (AvgIpc) is 2.80. The first-order valence-corrected chi connectivity index (χ1v) is 11.0. The predicted octanol–water partition coefficient (Wildman–Crippen LogP) is 2.59. The number of ether oxygens (including phenoxy) is 1. The summed E-state index contributed by atoms with van der Waals surface area (Å²) in [6.07, 6.45) is 9.52. The number of piperidine rings is 1. The minimum atomic E-state index is -3.53. The van der Waals surface area contributed by atoms with E-state index in [0.29, 0.717) is 43.3 Å². The van der Waals surface area contributed by atoms with Gasteiger partial charge in [-0.15, -0.1) is 0 Å². The van der Waals surface area contributed by atoms with Crippen molar-refractivity contribution in [3.63, 3.8) is 0 Å². The highest BCUT2D eigenvalue weighted by Crippen LogP contribution is 2.30. The van der Waals surface area contributed by atoms with E-state index in [0.717, 1.165) is 5.69 Å². The van der Waals surface area contributed by atoms with Crippen LogP contribution in [0.4, 0.5) is 11.6 Å². The van der Waals surface area contributed by atoms with Crippen molar-refractivity contribution in [1.29, 1.82) is 0 Å². The Morgan fingerprint density at radius 1 is 1.00 bits per heavy atom. The summed E-state index contributed by atoms with van der Waals surface area (Å²) >= 11 is 0. The molecule has 156 valence electrons. The van der Waals surface area contributed by atoms with Crippen molar-refractivity contribution in [3.8, 4) is 5.75 Å². The summed E-state index contributed by atoms with van der Waals surface area (Å²) in [7, 11) is -1.98. The van der Waals surface area contributed by atoms with E-state index in [1.807, 2.05) is 0 Å². The second kappa shape index (κ2) is 8.72. The molecule has 0 spiro atoms. The van der Waals surface area contributed by atoms with Crippen molar-refractivity contribution in [3.05, 3.63) is 60.9 Å². The van der Waals surface area contributed by atoms with Crippen LogP contribution in [0.15, 0.2) is 60.1 Å². The Balaban J connectivity index is 1.42. The van der Waals surface area contributed by atoms with Crippen molar-refractivity contribution in [1.82, 2.24) is 24.2 Å². The van der Waals surface area contributed by atoms with Crippen LogP contribution in [0.1, 0.15) is 24.5 Å². The quantitative estimate of drug-likeness (QED) is 0.640. The predicted molar refractivity (Wildman–Crippen MR) is 111 cm³/mol. The molecule has 3 aromatic rings. The monoisotopic (exact) mass is 426 g/mol. The van der Waals surface area contributed by atoms with Gasteiger partial charge in [-0.3, -0.25) is 9.97 Å². The van der Waals surface area contributed by atoms with Gasteiger partial charge in [-0.2, -0.15) is 4.31 Å². The molecule has 1 fully saturated rings. The molecule has 4 rings (SSSR count). The van der Waals surface area contributed by atoms with Crippen molar-refractivity contribution in [2.24, 2.45) is 0 Å². The lowest BCUT2D eigenvalue weighted by molar-refractivity contribution is 0.316. The van der Waals surface area contributed by atoms with Crippen LogP contribution in [0.25, 0.3) is 0 Å². The Kier molecular flexibility index (Phi) is 5.86. The molecule has 1 aliphatic heterocycles. The lowest BCUT2D eigenvalue weighted by Crippen LogP contribution is -2.38. The maximum atomic E-state index is 12.9. The standard InChI is InChI=1S/C20H22N6O3S/c1-29-16-2-4-17(5-3-16)30(27,28)26-10-6-15(7-11-26)18-12-22-14-20(24-18)25-19-13-21-8-9-23-19/h2-5,8-9,12-15H,6-7,10-11H2,1H3,(H,23,24,25). The molecule has 0 amide bonds. The molecule has 0 aliphatic carbocycles. The van der Waals surface area contributed by atoms with Crippen LogP contribution in [-0.4, -0.2) is 52.9 Å². The largest absolute Gasteiger partial charge is 0.497 e. The number of sulfonamides is 1. The van der Waals surface area contributed by atoms with E-state index >= 15 is 0 Å². The minimum Gasteiger partial charge on any atom is -0.497 e. The van der Waals surface area contributed by atoms with Crippen LogP contribution >= 0.6 is 0 Å². The van der Waals surface area contributed by atoms with Gasteiger partial charge in [0, 0.05) is 37.6 Å². The Morgan fingerprint density at radius 3 is 2.40 bits per heavy atom. The number of nitrogens with zero attached hydrogens (tertiary/aromatic N) is 5. The third-order valence-electron chi connectivity index (χ3n) is 5.04. The summed E-state index contributed by atoms with van der Waals surface area (Å²) in [5.41, 5.74) is 0.838. The first-order valence-electron chi connectivity index (χ1n) is 9.55. The fourth-order valence-corrected chi connectivity index (χ4v) is 4.89. The highest BCUT2D eigenvalue weighted by atomic mass is 32.2. The van der Waals surface area contributed by atoms with Gasteiger partial charge in [-0.1, -0.05) is 0 Å². The molecule has 0 atom stereocenters. The lowest BCUT2D eigenvalue weighted by Gasteiger charge is -2.31.